The molecule has 0 aromatic heterocycles. The quantitative estimate of drug-likeness (QED) is 0.0349. The third kappa shape index (κ3) is 8.66. The number of carbonyl (C=O) groups is 1. The van der Waals surface area contributed by atoms with Crippen molar-refractivity contribution in [3.8, 4) is 5.75 Å². The molecule has 256 valence electrons. The zero-order valence-electron chi connectivity index (χ0n) is 26.7. The Morgan fingerprint density at radius 3 is 2.48 bits per heavy atom. The van der Waals surface area contributed by atoms with E-state index in [9.17, 15) is 10.3 Å². The lowest BCUT2D eigenvalue weighted by Crippen LogP contribution is -2.54. The van der Waals surface area contributed by atoms with Crippen molar-refractivity contribution in [2.24, 2.45) is 15.2 Å². The summed E-state index contributed by atoms with van der Waals surface area (Å²) in [6.45, 7) is 0.699. The van der Waals surface area contributed by atoms with E-state index in [1.807, 2.05) is 6.07 Å². The molecule has 0 saturated heterocycles. The van der Waals surface area contributed by atoms with Gasteiger partial charge < -0.3 is 14.6 Å². The third-order valence-electron chi connectivity index (χ3n) is 8.01. The van der Waals surface area contributed by atoms with Crippen molar-refractivity contribution in [1.82, 2.24) is 10.9 Å². The lowest BCUT2D eigenvalue weighted by atomic mass is 9.80. The molecule has 4 aromatic carbocycles. The average molecular weight is 715 g/mol. The van der Waals surface area contributed by atoms with Crippen LogP contribution in [-0.4, -0.2) is 42.2 Å². The summed E-state index contributed by atoms with van der Waals surface area (Å²) in [6.07, 6.45) is -0.0520. The van der Waals surface area contributed by atoms with Gasteiger partial charge in [-0.2, -0.15) is 0 Å². The summed E-state index contributed by atoms with van der Waals surface area (Å²) >= 11 is 12.4. The highest BCUT2D eigenvalue weighted by molar-refractivity contribution is 6.35. The van der Waals surface area contributed by atoms with Gasteiger partial charge in [0.05, 0.1) is 13.2 Å². The Morgan fingerprint density at radius 2 is 1.74 bits per heavy atom. The molecule has 15 heteroatoms. The zero-order chi connectivity index (χ0) is 35.3. The fraction of sp³-hybridized carbons (Fsp3) is 0.257. The number of rotatable bonds is 16. The maximum absolute atomic E-state index is 14.6. The van der Waals surface area contributed by atoms with Crippen LogP contribution in [0.2, 0.25) is 10.0 Å². The number of hydrazine groups is 1. The summed E-state index contributed by atoms with van der Waals surface area (Å²) in [5.74, 6) is 0.271. The predicted molar refractivity (Wildman–Crippen MR) is 191 cm³/mol. The van der Waals surface area contributed by atoms with Gasteiger partial charge >= 0.3 is 0 Å². The highest BCUT2D eigenvalue weighted by atomic mass is 35.5. The second-order valence-corrected chi connectivity index (χ2v) is 12.1. The van der Waals surface area contributed by atoms with Crippen molar-refractivity contribution in [3.05, 3.63) is 150 Å². The number of aliphatic hydroxyl groups is 1. The van der Waals surface area contributed by atoms with Crippen LogP contribution in [0.15, 0.2) is 106 Å². The molecule has 50 heavy (non-hydrogen) atoms. The molecule has 0 radical (unpaired) electrons. The van der Waals surface area contributed by atoms with Crippen LogP contribution in [0.3, 0.4) is 0 Å². The van der Waals surface area contributed by atoms with E-state index in [1.165, 1.54) is 0 Å². The van der Waals surface area contributed by atoms with Crippen LogP contribution in [0.4, 0.5) is 5.69 Å². The molecule has 3 N–H and O–H groups in total. The number of halogens is 2. The largest absolute Gasteiger partial charge is 0.494 e. The predicted octanol–water partition coefficient (Wildman–Crippen LogP) is 7.87. The third-order valence-corrected chi connectivity index (χ3v) is 8.60. The van der Waals surface area contributed by atoms with Crippen molar-refractivity contribution in [3.63, 3.8) is 0 Å². The fourth-order valence-electron chi connectivity index (χ4n) is 5.57. The summed E-state index contributed by atoms with van der Waals surface area (Å²) < 4.78 is 12.3. The van der Waals surface area contributed by atoms with Gasteiger partial charge in [0.25, 0.3) is 5.91 Å². The van der Waals surface area contributed by atoms with E-state index in [1.54, 1.807) is 84.9 Å². The minimum Gasteiger partial charge on any atom is -0.494 e. The molecule has 1 aliphatic heterocycles. The Morgan fingerprint density at radius 1 is 0.980 bits per heavy atom. The molecule has 0 spiro atoms. The summed E-state index contributed by atoms with van der Waals surface area (Å²) in [5, 5.41) is 17.8. The number of amides is 1. The number of ether oxygens (including phenoxy) is 2. The first-order valence-electron chi connectivity index (χ1n) is 15.7. The second-order valence-electron chi connectivity index (χ2n) is 11.2. The number of nitrogens with zero attached hydrogens (tertiary/aromatic N) is 7. The average Bonchev–Trinajstić information content (AvgIpc) is 3.51. The van der Waals surface area contributed by atoms with E-state index >= 15 is 0 Å². The van der Waals surface area contributed by atoms with Crippen LogP contribution in [0, 0.1) is 0 Å². The molecule has 0 fully saturated rings. The Labute approximate surface area is 298 Å². The standard InChI is InChI=1S/C35H33Cl2N9O4/c36-27-13-10-23(30(37)20-27)16-17-40-44-34(48)35(21-25-6-2-4-9-31(25)43-46-39)32(29-8-3-1-7-26(29)22-41-45-38)50-33(42-35)24-11-14-28(15-12-24)49-19-5-18-47/h1-4,6-15,20,32,40,47H,5,16-19,21-22H2,(H,44,48)/t32-,35-/m0/s1. The van der Waals surface area contributed by atoms with Crippen LogP contribution >= 0.6 is 23.2 Å². The van der Waals surface area contributed by atoms with Gasteiger partial charge in [-0.05, 0) is 76.1 Å². The first kappa shape index (κ1) is 36.0. The van der Waals surface area contributed by atoms with Gasteiger partial charge in [0.1, 0.15) is 5.75 Å². The number of azide groups is 2. The van der Waals surface area contributed by atoms with Crippen molar-refractivity contribution < 1.29 is 19.4 Å². The van der Waals surface area contributed by atoms with Gasteiger partial charge in [0.15, 0.2) is 11.6 Å². The topological polar surface area (TPSA) is 190 Å². The van der Waals surface area contributed by atoms with Crippen LogP contribution in [-0.2, 0) is 28.9 Å². The smallest absolute Gasteiger partial charge is 0.266 e. The first-order valence-corrected chi connectivity index (χ1v) is 16.4. The van der Waals surface area contributed by atoms with Crippen LogP contribution in [0.5, 0.6) is 5.75 Å². The maximum atomic E-state index is 14.6. The SMILES string of the molecule is [N-]=[N+]=NCc1ccccc1[C@@H]1OC(c2ccc(OCCCO)cc2)=N[C@]1(Cc1ccccc1N=[N+]=[N-])C(=O)NNCCc1ccc(Cl)cc1Cl. The molecule has 0 bridgehead atoms. The summed E-state index contributed by atoms with van der Waals surface area (Å²) in [5.41, 5.74) is 26.2. The second kappa shape index (κ2) is 17.4. The van der Waals surface area contributed by atoms with Gasteiger partial charge in [-0.3, -0.25) is 10.2 Å². The normalized spacial score (nSPS) is 16.4. The minimum atomic E-state index is -1.65. The van der Waals surface area contributed by atoms with E-state index in [2.05, 4.69) is 30.9 Å². The van der Waals surface area contributed by atoms with Crippen LogP contribution in [0.1, 0.15) is 40.3 Å². The van der Waals surface area contributed by atoms with Gasteiger partial charge in [-0.1, -0.05) is 88.0 Å². The van der Waals surface area contributed by atoms with Crippen LogP contribution in [0.25, 0.3) is 20.9 Å². The van der Waals surface area contributed by atoms with Gasteiger partial charge in [0, 0.05) is 57.1 Å². The number of nitrogens with one attached hydrogen (secondary N) is 2. The van der Waals surface area contributed by atoms with Gasteiger partial charge in [-0.25, -0.2) is 10.4 Å². The number of benzene rings is 4. The minimum absolute atomic E-state index is 0.00879. The molecule has 2 atom stereocenters. The first-order chi connectivity index (χ1) is 24.4. The highest BCUT2D eigenvalue weighted by Gasteiger charge is 2.54. The van der Waals surface area contributed by atoms with E-state index in [0.29, 0.717) is 69.7 Å². The molecule has 1 amide bonds. The molecule has 0 aliphatic carbocycles. The zero-order valence-corrected chi connectivity index (χ0v) is 28.3. The lowest BCUT2D eigenvalue weighted by molar-refractivity contribution is -0.130. The number of hydrogen-bond donors (Lipinski definition) is 3. The maximum Gasteiger partial charge on any atom is 0.266 e. The number of hydrogen-bond acceptors (Lipinski definition) is 8. The van der Waals surface area contributed by atoms with Gasteiger partial charge in [-0.15, -0.1) is 0 Å². The summed E-state index contributed by atoms with van der Waals surface area (Å²) in [6, 6.07) is 26.4. The number of aliphatic hydroxyl groups excluding tert-OH is 1. The van der Waals surface area contributed by atoms with Crippen molar-refractivity contribution in [2.75, 3.05) is 19.8 Å². The van der Waals surface area contributed by atoms with Crippen molar-refractivity contribution >= 4 is 40.7 Å². The van der Waals surface area contributed by atoms with Gasteiger partial charge in [0.2, 0.25) is 5.90 Å². The molecule has 13 nitrogen and oxygen atoms in total. The van der Waals surface area contributed by atoms with Crippen molar-refractivity contribution in [1.29, 1.82) is 0 Å². The Hall–Kier alpha value is -5.26. The van der Waals surface area contributed by atoms with E-state index in [-0.39, 0.29) is 25.5 Å². The highest BCUT2D eigenvalue weighted by Crippen LogP contribution is 2.44. The molecule has 5 rings (SSSR count). The number of carbonyl (C=O) groups excluding carboxylic acids is 1. The van der Waals surface area contributed by atoms with Crippen LogP contribution < -0.4 is 15.6 Å². The van der Waals surface area contributed by atoms with Crippen molar-refractivity contribution in [2.45, 2.75) is 37.5 Å². The number of aliphatic imine (C=N–C) groups is 1. The summed E-state index contributed by atoms with van der Waals surface area (Å²) in [7, 11) is 0. The molecule has 0 unspecified atom stereocenters. The molecular formula is C35H33Cl2N9O4. The monoisotopic (exact) mass is 713 g/mol. The fourth-order valence-corrected chi connectivity index (χ4v) is 6.07. The van der Waals surface area contributed by atoms with E-state index in [4.69, 9.17) is 48.3 Å². The molecule has 4 aromatic rings. The lowest BCUT2D eigenvalue weighted by Gasteiger charge is -2.32. The van der Waals surface area contributed by atoms with E-state index in [0.717, 1.165) is 5.56 Å². The Kier molecular flexibility index (Phi) is 12.5. The molecule has 1 heterocycles. The molecule has 1 aliphatic rings. The molecule has 0 saturated carbocycles. The van der Waals surface area contributed by atoms with E-state index < -0.39 is 17.6 Å². The Balaban J connectivity index is 1.57. The Bertz CT molecular complexity index is 1950. The summed E-state index contributed by atoms with van der Waals surface area (Å²) in [4.78, 5) is 25.6. The molecular weight excluding hydrogens is 681 g/mol.